The van der Waals surface area contributed by atoms with Crippen molar-refractivity contribution in [1.82, 2.24) is 25.0 Å². The maximum atomic E-state index is 6.46. The minimum atomic E-state index is 0. The van der Waals surface area contributed by atoms with Crippen LogP contribution in [-0.4, -0.2) is 39.3 Å². The van der Waals surface area contributed by atoms with Gasteiger partial charge in [-0.05, 0) is 49.5 Å². The Morgan fingerprint density at radius 3 is 2.77 bits per heavy atom. The van der Waals surface area contributed by atoms with Crippen LogP contribution in [0.4, 0.5) is 0 Å². The molecule has 1 saturated heterocycles. The lowest BCUT2D eigenvalue weighted by molar-refractivity contribution is 0.199. The minimum absolute atomic E-state index is 0. The van der Waals surface area contributed by atoms with Crippen LogP contribution in [-0.2, 0) is 26.1 Å². The molecule has 0 amide bonds. The second-order valence-electron chi connectivity index (χ2n) is 7.08. The third-order valence-electron chi connectivity index (χ3n) is 5.58. The summed E-state index contributed by atoms with van der Waals surface area (Å²) in [7, 11) is 0. The number of rotatable bonds is 4. The lowest BCUT2D eigenvalue weighted by Gasteiger charge is -2.32. The van der Waals surface area contributed by atoms with Crippen molar-refractivity contribution in [3.8, 4) is 0 Å². The molecule has 1 fully saturated rings. The molecule has 1 aromatic heterocycles. The molecule has 2 aromatic rings. The van der Waals surface area contributed by atoms with Crippen LogP contribution in [0.1, 0.15) is 48.5 Å². The summed E-state index contributed by atoms with van der Waals surface area (Å²) in [5.41, 5.74) is 2.67. The Balaban J connectivity index is 0.00000196. The van der Waals surface area contributed by atoms with Gasteiger partial charge >= 0.3 is 0 Å². The van der Waals surface area contributed by atoms with E-state index in [4.69, 9.17) is 11.6 Å². The summed E-state index contributed by atoms with van der Waals surface area (Å²) < 4.78 is 2.33. The van der Waals surface area contributed by atoms with Crippen molar-refractivity contribution < 1.29 is 0 Å². The summed E-state index contributed by atoms with van der Waals surface area (Å²) in [5, 5.41) is 13.1. The van der Waals surface area contributed by atoms with E-state index < -0.39 is 0 Å². The summed E-state index contributed by atoms with van der Waals surface area (Å²) in [6, 6.07) is 6.27. The van der Waals surface area contributed by atoms with Crippen molar-refractivity contribution in [3.05, 3.63) is 46.0 Å². The first-order valence-corrected chi connectivity index (χ1v) is 9.75. The summed E-state index contributed by atoms with van der Waals surface area (Å²) in [5.74, 6) is 2.82. The van der Waals surface area contributed by atoms with Gasteiger partial charge in [-0.1, -0.05) is 30.7 Å². The Kier molecular flexibility index (Phi) is 6.56. The van der Waals surface area contributed by atoms with Crippen molar-refractivity contribution in [2.24, 2.45) is 0 Å². The zero-order chi connectivity index (χ0) is 17.2. The molecule has 0 atom stereocenters. The standard InChI is InChI=1S/C19H26ClN5.ClH/c1-2-14-4-3-5-17(20)16(14)13-24-9-6-15(7-10-24)19-23-22-18-12-21-8-11-25(18)19;/h3-5,15,21H,2,6-13H2,1H3;1H. The van der Waals surface area contributed by atoms with E-state index in [-0.39, 0.29) is 12.4 Å². The van der Waals surface area contributed by atoms with Crippen LogP contribution in [0.3, 0.4) is 0 Å². The first-order chi connectivity index (χ1) is 12.3. The third-order valence-corrected chi connectivity index (χ3v) is 5.94. The molecule has 4 rings (SSSR count). The predicted octanol–water partition coefficient (Wildman–Crippen LogP) is 3.40. The number of halogens is 2. The average Bonchev–Trinajstić information content (AvgIpc) is 3.08. The molecule has 0 aliphatic carbocycles. The molecular weight excluding hydrogens is 369 g/mol. The van der Waals surface area contributed by atoms with Gasteiger partial charge in [-0.3, -0.25) is 4.90 Å². The molecule has 7 heteroatoms. The molecule has 0 spiro atoms. The molecule has 0 bridgehead atoms. The molecule has 3 heterocycles. The van der Waals surface area contributed by atoms with Gasteiger partial charge in [0.05, 0.1) is 6.54 Å². The fourth-order valence-corrected chi connectivity index (χ4v) is 4.35. The largest absolute Gasteiger partial charge is 0.312 e. The van der Waals surface area contributed by atoms with Gasteiger partial charge in [-0.2, -0.15) is 0 Å². The second kappa shape index (κ2) is 8.70. The maximum Gasteiger partial charge on any atom is 0.147 e. The van der Waals surface area contributed by atoms with Crippen LogP contribution in [0.15, 0.2) is 18.2 Å². The molecule has 1 N–H and O–H groups in total. The van der Waals surface area contributed by atoms with Crippen LogP contribution in [0.25, 0.3) is 0 Å². The summed E-state index contributed by atoms with van der Waals surface area (Å²) in [6.45, 7) is 8.21. The van der Waals surface area contributed by atoms with Gasteiger partial charge in [0, 0.05) is 30.6 Å². The van der Waals surface area contributed by atoms with E-state index in [1.807, 2.05) is 6.07 Å². The Morgan fingerprint density at radius 2 is 2.00 bits per heavy atom. The van der Waals surface area contributed by atoms with Gasteiger partial charge in [-0.25, -0.2) is 0 Å². The fourth-order valence-electron chi connectivity index (χ4n) is 4.10. The van der Waals surface area contributed by atoms with Crippen LogP contribution in [0.2, 0.25) is 5.02 Å². The summed E-state index contributed by atoms with van der Waals surface area (Å²) in [6.07, 6.45) is 3.33. The predicted molar refractivity (Wildman–Crippen MR) is 107 cm³/mol. The molecule has 1 aromatic carbocycles. The number of fused-ring (bicyclic) bond motifs is 1. The van der Waals surface area contributed by atoms with Crippen LogP contribution in [0.5, 0.6) is 0 Å². The number of benzene rings is 1. The van der Waals surface area contributed by atoms with Gasteiger partial charge in [-0.15, -0.1) is 22.6 Å². The van der Waals surface area contributed by atoms with E-state index in [0.29, 0.717) is 5.92 Å². The lowest BCUT2D eigenvalue weighted by Crippen LogP contribution is -2.35. The second-order valence-corrected chi connectivity index (χ2v) is 7.49. The molecule has 0 radical (unpaired) electrons. The van der Waals surface area contributed by atoms with E-state index in [9.17, 15) is 0 Å². The van der Waals surface area contributed by atoms with Crippen molar-refractivity contribution >= 4 is 24.0 Å². The number of nitrogens with one attached hydrogen (secondary N) is 1. The van der Waals surface area contributed by atoms with E-state index in [1.54, 1.807) is 0 Å². The zero-order valence-electron chi connectivity index (χ0n) is 15.2. The topological polar surface area (TPSA) is 46.0 Å². The van der Waals surface area contributed by atoms with Gasteiger partial charge in [0.25, 0.3) is 0 Å². The number of aromatic nitrogens is 3. The molecular formula is C19H27Cl2N5. The number of hydrogen-bond acceptors (Lipinski definition) is 4. The summed E-state index contributed by atoms with van der Waals surface area (Å²) >= 11 is 6.46. The third kappa shape index (κ3) is 3.91. The fraction of sp³-hybridized carbons (Fsp3) is 0.579. The number of likely N-dealkylation sites (tertiary alicyclic amines) is 1. The van der Waals surface area contributed by atoms with Crippen molar-refractivity contribution in [2.75, 3.05) is 19.6 Å². The van der Waals surface area contributed by atoms with Gasteiger partial charge in [0.2, 0.25) is 0 Å². The average molecular weight is 396 g/mol. The highest BCUT2D eigenvalue weighted by Crippen LogP contribution is 2.30. The Hall–Kier alpha value is -1.14. The number of nitrogens with zero attached hydrogens (tertiary/aromatic N) is 4. The molecule has 0 unspecified atom stereocenters. The first-order valence-electron chi connectivity index (χ1n) is 9.37. The SMILES string of the molecule is CCc1cccc(Cl)c1CN1CCC(c2nnc3n2CCNC3)CC1.Cl. The first kappa shape index (κ1) is 19.6. The van der Waals surface area contributed by atoms with Crippen molar-refractivity contribution in [1.29, 1.82) is 0 Å². The van der Waals surface area contributed by atoms with Crippen LogP contribution < -0.4 is 5.32 Å². The van der Waals surface area contributed by atoms with Crippen LogP contribution >= 0.6 is 24.0 Å². The Bertz CT molecular complexity index is 738. The summed E-state index contributed by atoms with van der Waals surface area (Å²) in [4.78, 5) is 2.53. The molecule has 2 aliphatic heterocycles. The Morgan fingerprint density at radius 1 is 1.19 bits per heavy atom. The van der Waals surface area contributed by atoms with Gasteiger partial charge < -0.3 is 9.88 Å². The molecule has 0 saturated carbocycles. The highest BCUT2D eigenvalue weighted by atomic mass is 35.5. The minimum Gasteiger partial charge on any atom is -0.312 e. The van der Waals surface area contributed by atoms with E-state index in [1.165, 1.54) is 17.0 Å². The number of aryl methyl sites for hydroxylation is 1. The molecule has 26 heavy (non-hydrogen) atoms. The quantitative estimate of drug-likeness (QED) is 0.861. The van der Waals surface area contributed by atoms with Gasteiger partial charge in [0.15, 0.2) is 0 Å². The smallest absolute Gasteiger partial charge is 0.147 e. The molecule has 2 aliphatic rings. The van der Waals surface area contributed by atoms with E-state index >= 15 is 0 Å². The number of hydrogen-bond donors (Lipinski definition) is 1. The van der Waals surface area contributed by atoms with Gasteiger partial charge in [0.1, 0.15) is 11.6 Å². The monoisotopic (exact) mass is 395 g/mol. The zero-order valence-corrected chi connectivity index (χ0v) is 16.8. The molecule has 5 nitrogen and oxygen atoms in total. The highest BCUT2D eigenvalue weighted by Gasteiger charge is 2.27. The van der Waals surface area contributed by atoms with E-state index in [0.717, 1.165) is 69.4 Å². The highest BCUT2D eigenvalue weighted by molar-refractivity contribution is 6.31. The van der Waals surface area contributed by atoms with Crippen molar-refractivity contribution in [2.45, 2.75) is 51.7 Å². The maximum absolute atomic E-state index is 6.46. The van der Waals surface area contributed by atoms with Crippen LogP contribution in [0, 0.1) is 0 Å². The normalized spacial score (nSPS) is 18.4. The Labute approximate surface area is 166 Å². The molecule has 142 valence electrons. The van der Waals surface area contributed by atoms with Crippen molar-refractivity contribution in [3.63, 3.8) is 0 Å². The lowest BCUT2D eigenvalue weighted by atomic mass is 9.95. The van der Waals surface area contributed by atoms with E-state index in [2.05, 4.69) is 44.0 Å². The number of piperidine rings is 1.